The van der Waals surface area contributed by atoms with Crippen LogP contribution < -0.4 is 4.65 Å². The van der Waals surface area contributed by atoms with E-state index in [1.807, 2.05) is 0 Å². The van der Waals surface area contributed by atoms with E-state index in [1.165, 1.54) is 18.2 Å². The van der Waals surface area contributed by atoms with E-state index in [1.54, 1.807) is 0 Å². The second-order valence-electron chi connectivity index (χ2n) is 1.87. The molecule has 1 aromatic rings. The van der Waals surface area contributed by atoms with Crippen LogP contribution in [-0.2, 0) is 0 Å². The van der Waals surface area contributed by atoms with Gasteiger partial charge >= 0.3 is 26.2 Å². The Morgan fingerprint density at radius 2 is 1.83 bits per heavy atom. The third-order valence-corrected chi connectivity index (χ3v) is 1.07. The fraction of sp³-hybridized carbons (Fsp3) is 0. The van der Waals surface area contributed by atoms with Crippen molar-refractivity contribution in [1.82, 2.24) is 0 Å². The molecule has 6 heteroatoms. The Kier molecular flexibility index (Phi) is 5.02. The maximum atomic E-state index is 12.6. The predicted molar refractivity (Wildman–Crippen MR) is 44.4 cm³/mol. The van der Waals surface area contributed by atoms with E-state index < -0.39 is 13.1 Å². The summed E-state index contributed by atoms with van der Waals surface area (Å²) in [5.74, 6) is -0.803. The van der Waals surface area contributed by atoms with Gasteiger partial charge < -0.3 is 14.7 Å². The molecule has 0 radical (unpaired) electrons. The molecule has 0 saturated carbocycles. The van der Waals surface area contributed by atoms with Gasteiger partial charge in [-0.25, -0.2) is 4.39 Å². The number of hydrogen-bond acceptors (Lipinski definition) is 3. The number of rotatable bonds is 2. The summed E-state index contributed by atoms with van der Waals surface area (Å²) >= 11 is 0. The van der Waals surface area contributed by atoms with Gasteiger partial charge in [-0.3, -0.25) is 0 Å². The molecule has 0 aliphatic rings. The van der Waals surface area contributed by atoms with Gasteiger partial charge in [0.05, 0.1) is 0 Å². The summed E-state index contributed by atoms with van der Waals surface area (Å²) in [4.78, 5) is 0. The number of halogens is 1. The molecule has 3 nitrogen and oxygen atoms in total. The third kappa shape index (κ3) is 3.29. The summed E-state index contributed by atoms with van der Waals surface area (Å²) in [7, 11) is -1.98. The van der Waals surface area contributed by atoms with Crippen LogP contribution in [0.2, 0.25) is 0 Å². The summed E-state index contributed by atoms with van der Waals surface area (Å²) in [6.45, 7) is 0. The third-order valence-electron chi connectivity index (χ3n) is 1.07. The molecule has 1 rings (SSSR count). The van der Waals surface area contributed by atoms with E-state index in [0.717, 1.165) is 6.07 Å². The van der Waals surface area contributed by atoms with Crippen LogP contribution in [0.25, 0.3) is 0 Å². The zero-order valence-corrected chi connectivity index (χ0v) is 5.57. The Morgan fingerprint density at radius 1 is 1.25 bits per heavy atom. The first kappa shape index (κ1) is 11.5. The molecule has 0 bridgehead atoms. The Bertz CT molecular complexity index is 246. The Balaban J connectivity index is 0.00000121. The van der Waals surface area contributed by atoms with Crippen molar-refractivity contribution < 1.29 is 19.1 Å². The number of benzene rings is 1. The molecular formula is C6H7BFLiO3. The second-order valence-corrected chi connectivity index (χ2v) is 1.87. The molecule has 0 unspecified atom stereocenters. The van der Waals surface area contributed by atoms with Crippen LogP contribution in [0.5, 0.6) is 5.75 Å². The van der Waals surface area contributed by atoms with Crippen LogP contribution in [0.15, 0.2) is 24.3 Å². The molecule has 0 atom stereocenters. The molecule has 0 amide bonds. The molecule has 2 N–H and O–H groups in total. The molecule has 0 spiro atoms. The molecule has 1 aromatic carbocycles. The van der Waals surface area contributed by atoms with Crippen LogP contribution in [0.1, 0.15) is 0 Å². The van der Waals surface area contributed by atoms with Crippen molar-refractivity contribution in [3.05, 3.63) is 30.1 Å². The minimum atomic E-state index is -1.98. The first-order chi connectivity index (χ1) is 5.20. The van der Waals surface area contributed by atoms with Gasteiger partial charge in [0.15, 0.2) is 5.82 Å². The van der Waals surface area contributed by atoms with E-state index in [-0.39, 0.29) is 24.6 Å². The van der Waals surface area contributed by atoms with Gasteiger partial charge in [0.2, 0.25) is 0 Å². The van der Waals surface area contributed by atoms with E-state index in [2.05, 4.69) is 4.65 Å². The predicted octanol–water partition coefficient (Wildman–Crippen LogP) is -0.475. The van der Waals surface area contributed by atoms with E-state index in [9.17, 15) is 4.39 Å². The SMILES string of the molecule is OB(O)Oc1ccccc1F.[LiH]. The van der Waals surface area contributed by atoms with Gasteiger partial charge in [-0.15, -0.1) is 0 Å². The van der Waals surface area contributed by atoms with Crippen LogP contribution in [-0.4, -0.2) is 36.2 Å². The summed E-state index contributed by atoms with van der Waals surface area (Å²) in [6, 6.07) is 5.47. The first-order valence-electron chi connectivity index (χ1n) is 2.97. The van der Waals surface area contributed by atoms with Gasteiger partial charge in [-0.1, -0.05) is 12.1 Å². The van der Waals surface area contributed by atoms with E-state index >= 15 is 0 Å². The summed E-state index contributed by atoms with van der Waals surface area (Å²) in [5.41, 5.74) is 0. The topological polar surface area (TPSA) is 49.7 Å². The van der Waals surface area contributed by atoms with E-state index in [0.29, 0.717) is 0 Å². The van der Waals surface area contributed by atoms with Crippen molar-refractivity contribution in [3.8, 4) is 5.75 Å². The van der Waals surface area contributed by atoms with Gasteiger partial charge in [0.1, 0.15) is 5.75 Å². The number of hydrogen-bond donors (Lipinski definition) is 2. The maximum absolute atomic E-state index is 12.6. The monoisotopic (exact) mass is 164 g/mol. The minimum absolute atomic E-state index is 0. The van der Waals surface area contributed by atoms with Gasteiger partial charge in [0.25, 0.3) is 0 Å². The Morgan fingerprint density at radius 3 is 2.33 bits per heavy atom. The Hall–Kier alpha value is -0.468. The molecule has 0 aromatic heterocycles. The average molecular weight is 164 g/mol. The van der Waals surface area contributed by atoms with Crippen molar-refractivity contribution >= 4 is 26.2 Å². The van der Waals surface area contributed by atoms with Crippen LogP contribution in [0.3, 0.4) is 0 Å². The zero-order valence-electron chi connectivity index (χ0n) is 5.57. The van der Waals surface area contributed by atoms with Crippen molar-refractivity contribution in [2.24, 2.45) is 0 Å². The van der Waals surface area contributed by atoms with Crippen LogP contribution in [0, 0.1) is 5.82 Å². The summed E-state index contributed by atoms with van der Waals surface area (Å²) < 4.78 is 16.9. The summed E-state index contributed by atoms with van der Waals surface area (Å²) in [6.07, 6.45) is 0. The summed E-state index contributed by atoms with van der Waals surface area (Å²) in [5, 5.41) is 16.6. The molecule has 0 fully saturated rings. The first-order valence-corrected chi connectivity index (χ1v) is 2.97. The van der Waals surface area contributed by atoms with Crippen molar-refractivity contribution in [3.63, 3.8) is 0 Å². The van der Waals surface area contributed by atoms with Gasteiger partial charge in [-0.05, 0) is 12.1 Å². The molecule has 0 saturated heterocycles. The molecule has 0 aliphatic heterocycles. The molecule has 0 aliphatic carbocycles. The number of para-hydroxylation sites is 1. The molecule has 60 valence electrons. The fourth-order valence-corrected chi connectivity index (χ4v) is 0.654. The van der Waals surface area contributed by atoms with Crippen molar-refractivity contribution in [2.75, 3.05) is 0 Å². The molecule has 0 heterocycles. The zero-order chi connectivity index (χ0) is 8.27. The van der Waals surface area contributed by atoms with Crippen molar-refractivity contribution in [2.45, 2.75) is 0 Å². The van der Waals surface area contributed by atoms with Crippen LogP contribution >= 0.6 is 0 Å². The molecule has 12 heavy (non-hydrogen) atoms. The van der Waals surface area contributed by atoms with Gasteiger partial charge in [-0.2, -0.15) is 0 Å². The average Bonchev–Trinajstić information content (AvgIpc) is 1.93. The second kappa shape index (κ2) is 5.23. The normalized spacial score (nSPS) is 8.58. The molecular weight excluding hydrogens is 157 g/mol. The fourth-order valence-electron chi connectivity index (χ4n) is 0.654. The van der Waals surface area contributed by atoms with Gasteiger partial charge in [0, 0.05) is 0 Å². The van der Waals surface area contributed by atoms with Crippen molar-refractivity contribution in [1.29, 1.82) is 0 Å². The quantitative estimate of drug-likeness (QED) is 0.580. The van der Waals surface area contributed by atoms with E-state index in [4.69, 9.17) is 10.0 Å². The standard InChI is InChI=1S/C6H6BFO3.Li.H/c8-5-3-1-2-4-6(5)11-7(9)10;;/h1-4,9-10H;;. The Labute approximate surface area is 81.5 Å². The van der Waals surface area contributed by atoms with Crippen LogP contribution in [0.4, 0.5) is 4.39 Å².